The summed E-state index contributed by atoms with van der Waals surface area (Å²) in [6.07, 6.45) is 1.61. The molecule has 22 heavy (non-hydrogen) atoms. The van der Waals surface area contributed by atoms with Crippen molar-refractivity contribution < 1.29 is 9.72 Å². The minimum atomic E-state index is -0.595. The van der Waals surface area contributed by atoms with Crippen LogP contribution in [0.25, 0.3) is 0 Å². The number of anilines is 1. The molecule has 1 N–H and O–H groups in total. The molecule has 1 amide bonds. The molecule has 0 bridgehead atoms. The molecule has 0 aliphatic rings. The van der Waals surface area contributed by atoms with Gasteiger partial charge >= 0.3 is 0 Å². The smallest absolute Gasteiger partial charge is 0.270 e. The molecule has 0 spiro atoms. The van der Waals surface area contributed by atoms with Crippen LogP contribution >= 0.6 is 0 Å². The van der Waals surface area contributed by atoms with Gasteiger partial charge in [-0.1, -0.05) is 0 Å². The van der Waals surface area contributed by atoms with E-state index in [0.717, 1.165) is 6.07 Å². The lowest BCUT2D eigenvalue weighted by Gasteiger charge is -2.06. The Hall–Kier alpha value is -3.21. The van der Waals surface area contributed by atoms with Gasteiger partial charge in [0.2, 0.25) is 0 Å². The number of hydrogen-bond donors (Lipinski definition) is 1. The highest BCUT2D eigenvalue weighted by Crippen LogP contribution is 2.22. The van der Waals surface area contributed by atoms with Crippen LogP contribution in [0.15, 0.2) is 24.4 Å². The Balaban J connectivity index is 2.30. The molecule has 0 saturated heterocycles. The molecule has 0 saturated carbocycles. The molecule has 2 rings (SSSR count). The maximum Gasteiger partial charge on any atom is 0.270 e. The van der Waals surface area contributed by atoms with Crippen LogP contribution in [0.5, 0.6) is 0 Å². The summed E-state index contributed by atoms with van der Waals surface area (Å²) >= 11 is 0. The average molecular weight is 299 g/mol. The summed E-state index contributed by atoms with van der Waals surface area (Å²) in [5, 5.41) is 26.5. The average Bonchev–Trinajstić information content (AvgIpc) is 2.88. The number of nitrogens with one attached hydrogen (secondary N) is 1. The number of aromatic nitrogens is 2. The van der Waals surface area contributed by atoms with Crippen molar-refractivity contribution >= 4 is 17.3 Å². The maximum atomic E-state index is 12.2. The van der Waals surface area contributed by atoms with Gasteiger partial charge in [-0.05, 0) is 19.9 Å². The summed E-state index contributed by atoms with van der Waals surface area (Å²) in [5.41, 5.74) is 1.01. The molecule has 8 heteroatoms. The fraction of sp³-hybridized carbons (Fsp3) is 0.214. The highest BCUT2D eigenvalue weighted by atomic mass is 16.6. The van der Waals surface area contributed by atoms with Crippen molar-refractivity contribution in [2.24, 2.45) is 0 Å². The van der Waals surface area contributed by atoms with Gasteiger partial charge in [0, 0.05) is 24.9 Å². The number of nitro benzene ring substituents is 1. The number of nitrogens with zero attached hydrogens (tertiary/aromatic N) is 4. The third-order valence-electron chi connectivity index (χ3n) is 3.10. The highest BCUT2D eigenvalue weighted by molar-refractivity contribution is 6.05. The molecule has 8 nitrogen and oxygen atoms in total. The fourth-order valence-corrected chi connectivity index (χ4v) is 1.94. The lowest BCUT2D eigenvalue weighted by molar-refractivity contribution is -0.384. The van der Waals surface area contributed by atoms with E-state index < -0.39 is 10.8 Å². The van der Waals surface area contributed by atoms with Crippen LogP contribution < -0.4 is 5.32 Å². The molecular formula is C14H13N5O3. The van der Waals surface area contributed by atoms with Crippen molar-refractivity contribution in [1.29, 1.82) is 5.26 Å². The van der Waals surface area contributed by atoms with Crippen molar-refractivity contribution in [3.8, 4) is 6.07 Å². The van der Waals surface area contributed by atoms with Crippen molar-refractivity contribution in [2.75, 3.05) is 5.32 Å². The van der Waals surface area contributed by atoms with Crippen LogP contribution in [0.1, 0.15) is 28.5 Å². The van der Waals surface area contributed by atoms with E-state index >= 15 is 0 Å². The minimum Gasteiger partial charge on any atom is -0.321 e. The third-order valence-corrected chi connectivity index (χ3v) is 3.10. The van der Waals surface area contributed by atoms with E-state index in [1.54, 1.807) is 17.8 Å². The number of aryl methyl sites for hydroxylation is 2. The van der Waals surface area contributed by atoms with E-state index in [-0.39, 0.29) is 16.9 Å². The number of nitro groups is 1. The van der Waals surface area contributed by atoms with E-state index in [0.29, 0.717) is 17.8 Å². The van der Waals surface area contributed by atoms with Crippen LogP contribution in [0.2, 0.25) is 0 Å². The van der Waals surface area contributed by atoms with E-state index in [1.807, 2.05) is 13.0 Å². The predicted octanol–water partition coefficient (Wildman–Crippen LogP) is 2.24. The van der Waals surface area contributed by atoms with Gasteiger partial charge in [-0.15, -0.1) is 0 Å². The van der Waals surface area contributed by atoms with Crippen molar-refractivity contribution in [3.05, 3.63) is 51.3 Å². The molecule has 1 aromatic heterocycles. The molecule has 1 aromatic carbocycles. The predicted molar refractivity (Wildman–Crippen MR) is 78.4 cm³/mol. The lowest BCUT2D eigenvalue weighted by atomic mass is 10.1. The Morgan fingerprint density at radius 1 is 1.55 bits per heavy atom. The second kappa shape index (κ2) is 6.05. The Morgan fingerprint density at radius 2 is 2.27 bits per heavy atom. The molecule has 0 aliphatic heterocycles. The number of hydrogen-bond acceptors (Lipinski definition) is 5. The number of carbonyl (C=O) groups is 1. The minimum absolute atomic E-state index is 0.0306. The van der Waals surface area contributed by atoms with Crippen LogP contribution in [-0.4, -0.2) is 20.6 Å². The zero-order valence-corrected chi connectivity index (χ0v) is 12.0. The Morgan fingerprint density at radius 3 is 2.82 bits per heavy atom. The van der Waals surface area contributed by atoms with E-state index in [1.165, 1.54) is 12.1 Å². The number of carbonyl (C=O) groups excluding carboxylic acids is 1. The Labute approximate surface area is 126 Å². The van der Waals surface area contributed by atoms with E-state index in [9.17, 15) is 14.9 Å². The van der Waals surface area contributed by atoms with Crippen LogP contribution in [0.4, 0.5) is 11.4 Å². The van der Waals surface area contributed by atoms with Crippen molar-refractivity contribution in [3.63, 3.8) is 0 Å². The Kier molecular flexibility index (Phi) is 4.18. The normalized spacial score (nSPS) is 10.0. The zero-order valence-electron chi connectivity index (χ0n) is 12.0. The number of non-ortho nitro benzene ring substituents is 1. The highest BCUT2D eigenvalue weighted by Gasteiger charge is 2.16. The van der Waals surface area contributed by atoms with Gasteiger partial charge in [0.15, 0.2) is 0 Å². The van der Waals surface area contributed by atoms with Gasteiger partial charge < -0.3 is 5.32 Å². The van der Waals surface area contributed by atoms with Crippen molar-refractivity contribution in [1.82, 2.24) is 9.78 Å². The first-order valence-electron chi connectivity index (χ1n) is 6.50. The molecule has 1 heterocycles. The molecule has 0 fully saturated rings. The van der Waals surface area contributed by atoms with Crippen molar-refractivity contribution in [2.45, 2.75) is 20.4 Å². The van der Waals surface area contributed by atoms with Crippen LogP contribution in [0, 0.1) is 28.4 Å². The summed E-state index contributed by atoms with van der Waals surface area (Å²) in [7, 11) is 0. The molecule has 0 radical (unpaired) electrons. The first-order chi connectivity index (χ1) is 10.5. The van der Waals surface area contributed by atoms with E-state index in [2.05, 4.69) is 10.4 Å². The first kappa shape index (κ1) is 15.2. The summed E-state index contributed by atoms with van der Waals surface area (Å²) in [4.78, 5) is 22.4. The number of rotatable bonds is 4. The molecule has 2 aromatic rings. The lowest BCUT2D eigenvalue weighted by Crippen LogP contribution is -2.13. The standard InChI is InChI=1S/C14H13N5O3/c1-3-18-8-12(9(2)17-18)14(20)16-13-5-4-11(19(21)22)6-10(13)7-15/h4-6,8H,3H2,1-2H3,(H,16,20). The summed E-state index contributed by atoms with van der Waals surface area (Å²) < 4.78 is 1.63. The first-order valence-corrected chi connectivity index (χ1v) is 6.50. The molecule has 0 atom stereocenters. The summed E-state index contributed by atoms with van der Waals surface area (Å²) in [5.74, 6) is -0.414. The number of amides is 1. The number of nitriles is 1. The van der Waals surface area contributed by atoms with Gasteiger partial charge in [-0.2, -0.15) is 10.4 Å². The van der Waals surface area contributed by atoms with Crippen LogP contribution in [-0.2, 0) is 6.54 Å². The largest absolute Gasteiger partial charge is 0.321 e. The SMILES string of the molecule is CCn1cc(C(=O)Nc2ccc([N+](=O)[O-])cc2C#N)c(C)n1. The van der Waals surface area contributed by atoms with Gasteiger partial charge in [0.05, 0.1) is 27.4 Å². The van der Waals surface area contributed by atoms with Gasteiger partial charge in [0.25, 0.3) is 11.6 Å². The zero-order chi connectivity index (χ0) is 16.3. The molecule has 112 valence electrons. The van der Waals surface area contributed by atoms with E-state index in [4.69, 9.17) is 5.26 Å². The summed E-state index contributed by atoms with van der Waals surface area (Å²) in [6, 6.07) is 5.54. The Bertz CT molecular complexity index is 788. The topological polar surface area (TPSA) is 114 Å². The monoisotopic (exact) mass is 299 g/mol. The van der Waals surface area contributed by atoms with Gasteiger partial charge in [0.1, 0.15) is 6.07 Å². The fourth-order valence-electron chi connectivity index (χ4n) is 1.94. The molecular weight excluding hydrogens is 286 g/mol. The second-order valence-corrected chi connectivity index (χ2v) is 4.54. The van der Waals surface area contributed by atoms with Gasteiger partial charge in [-0.3, -0.25) is 19.6 Å². The third kappa shape index (κ3) is 2.93. The molecule has 0 aliphatic carbocycles. The quantitative estimate of drug-likeness (QED) is 0.687. The summed E-state index contributed by atoms with van der Waals surface area (Å²) in [6.45, 7) is 4.25. The second-order valence-electron chi connectivity index (χ2n) is 4.54. The number of benzene rings is 1. The maximum absolute atomic E-state index is 12.2. The van der Waals surface area contributed by atoms with Crippen LogP contribution in [0.3, 0.4) is 0 Å². The molecule has 0 unspecified atom stereocenters. The van der Waals surface area contributed by atoms with Gasteiger partial charge in [-0.25, -0.2) is 0 Å².